The van der Waals surface area contributed by atoms with Crippen molar-refractivity contribution in [2.24, 2.45) is 7.05 Å². The zero-order valence-corrected chi connectivity index (χ0v) is 15.3. The second-order valence-electron chi connectivity index (χ2n) is 7.77. The van der Waals surface area contributed by atoms with Crippen LogP contribution in [0.1, 0.15) is 67.9 Å². The molecule has 1 atom stereocenters. The Labute approximate surface area is 144 Å². The van der Waals surface area contributed by atoms with Crippen LogP contribution < -0.4 is 5.32 Å². The monoisotopic (exact) mass is 325 g/mol. The molecule has 5 nitrogen and oxygen atoms in total. The fraction of sp³-hybridized carbons (Fsp3) is 0.579. The molecular formula is C19H27N5. The zero-order chi connectivity index (χ0) is 17.5. The summed E-state index contributed by atoms with van der Waals surface area (Å²) in [4.78, 5) is 0. The van der Waals surface area contributed by atoms with Crippen molar-refractivity contribution in [3.63, 3.8) is 0 Å². The van der Waals surface area contributed by atoms with Crippen LogP contribution in [0.2, 0.25) is 0 Å². The summed E-state index contributed by atoms with van der Waals surface area (Å²) in [5, 5.41) is 17.5. The van der Waals surface area contributed by atoms with Crippen molar-refractivity contribution in [2.45, 2.75) is 65.1 Å². The summed E-state index contributed by atoms with van der Waals surface area (Å²) in [6.45, 7) is 9.46. The summed E-state index contributed by atoms with van der Waals surface area (Å²) in [7, 11) is 1.95. The van der Waals surface area contributed by atoms with Gasteiger partial charge in [-0.05, 0) is 58.6 Å². The van der Waals surface area contributed by atoms with Gasteiger partial charge in [-0.1, -0.05) is 0 Å². The van der Waals surface area contributed by atoms with E-state index in [-0.39, 0.29) is 5.54 Å². The molecule has 0 saturated carbocycles. The predicted molar refractivity (Wildman–Crippen MR) is 94.6 cm³/mol. The fourth-order valence-corrected chi connectivity index (χ4v) is 3.63. The Balaban J connectivity index is 1.79. The van der Waals surface area contributed by atoms with Gasteiger partial charge in [-0.3, -0.25) is 4.68 Å². The van der Waals surface area contributed by atoms with Gasteiger partial charge in [0, 0.05) is 36.6 Å². The zero-order valence-electron chi connectivity index (χ0n) is 15.3. The first-order valence-corrected chi connectivity index (χ1v) is 8.69. The summed E-state index contributed by atoms with van der Waals surface area (Å²) >= 11 is 0. The van der Waals surface area contributed by atoms with Crippen LogP contribution in [0, 0.1) is 18.3 Å². The molecule has 5 heteroatoms. The summed E-state index contributed by atoms with van der Waals surface area (Å²) in [5.74, 6) is 0. The Bertz CT molecular complexity index is 782. The maximum Gasteiger partial charge on any atom is 0.120 e. The van der Waals surface area contributed by atoms with E-state index >= 15 is 0 Å². The van der Waals surface area contributed by atoms with Gasteiger partial charge in [-0.15, -0.1) is 0 Å². The highest BCUT2D eigenvalue weighted by Crippen LogP contribution is 2.32. The van der Waals surface area contributed by atoms with Gasteiger partial charge in [0.1, 0.15) is 11.8 Å². The molecule has 0 amide bonds. The van der Waals surface area contributed by atoms with Gasteiger partial charge in [0.2, 0.25) is 0 Å². The first kappa shape index (κ1) is 16.8. The highest BCUT2D eigenvalue weighted by Gasteiger charge is 2.28. The van der Waals surface area contributed by atoms with Crippen LogP contribution in [0.5, 0.6) is 0 Å². The molecule has 2 aromatic heterocycles. The number of hydrogen-bond donors (Lipinski definition) is 1. The van der Waals surface area contributed by atoms with Crippen molar-refractivity contribution >= 4 is 0 Å². The molecule has 0 aromatic carbocycles. The third-order valence-corrected chi connectivity index (χ3v) is 5.11. The Kier molecular flexibility index (Phi) is 4.27. The molecular weight excluding hydrogens is 298 g/mol. The lowest BCUT2D eigenvalue weighted by atomic mass is 9.92. The third-order valence-electron chi connectivity index (χ3n) is 5.11. The van der Waals surface area contributed by atoms with E-state index in [0.717, 1.165) is 25.1 Å². The topological polar surface area (TPSA) is 58.6 Å². The minimum atomic E-state index is 0.0210. The van der Waals surface area contributed by atoms with Gasteiger partial charge in [-0.2, -0.15) is 10.4 Å². The quantitative estimate of drug-likeness (QED) is 0.942. The number of rotatable bonds is 3. The Morgan fingerprint density at radius 1 is 1.42 bits per heavy atom. The van der Waals surface area contributed by atoms with Gasteiger partial charge in [0.15, 0.2) is 0 Å². The lowest BCUT2D eigenvalue weighted by Crippen LogP contribution is -2.29. The Morgan fingerprint density at radius 2 is 2.17 bits per heavy atom. The number of nitrogens with zero attached hydrogens (tertiary/aromatic N) is 4. The van der Waals surface area contributed by atoms with E-state index in [1.807, 2.05) is 23.9 Å². The Hall–Kier alpha value is -2.06. The van der Waals surface area contributed by atoms with Crippen LogP contribution in [0.15, 0.2) is 12.3 Å². The van der Waals surface area contributed by atoms with Crippen LogP contribution in [-0.4, -0.2) is 14.3 Å². The molecule has 0 spiro atoms. The van der Waals surface area contributed by atoms with Crippen molar-refractivity contribution in [1.82, 2.24) is 19.7 Å². The van der Waals surface area contributed by atoms with Gasteiger partial charge >= 0.3 is 0 Å². The molecule has 2 aromatic rings. The second kappa shape index (κ2) is 6.10. The van der Waals surface area contributed by atoms with E-state index in [1.165, 1.54) is 23.2 Å². The summed E-state index contributed by atoms with van der Waals surface area (Å²) in [6, 6.07) is 4.59. The maximum absolute atomic E-state index is 9.18. The average Bonchev–Trinajstić information content (AvgIpc) is 3.08. The first-order chi connectivity index (χ1) is 11.3. The third kappa shape index (κ3) is 2.87. The summed E-state index contributed by atoms with van der Waals surface area (Å²) < 4.78 is 4.14. The standard InChI is InChI=1S/C19H27N5/c1-13-14(9-15(10-20)23(13)5)11-21-17-7-6-8-18-16(17)12-22-24(18)19(2,3)4/h9,12,17,21H,6-8,11H2,1-5H3/t17-/m0/s1. The van der Waals surface area contributed by atoms with E-state index < -0.39 is 0 Å². The smallest absolute Gasteiger partial charge is 0.120 e. The lowest BCUT2D eigenvalue weighted by molar-refractivity contribution is 0.334. The molecule has 128 valence electrons. The molecule has 1 aliphatic carbocycles. The minimum Gasteiger partial charge on any atom is -0.340 e. The van der Waals surface area contributed by atoms with Gasteiger partial charge in [0.25, 0.3) is 0 Å². The molecule has 0 radical (unpaired) electrons. The van der Waals surface area contributed by atoms with Crippen molar-refractivity contribution in [3.8, 4) is 6.07 Å². The molecule has 0 fully saturated rings. The van der Waals surface area contributed by atoms with Gasteiger partial charge in [0.05, 0.1) is 11.7 Å². The summed E-state index contributed by atoms with van der Waals surface area (Å²) in [6.07, 6.45) is 5.47. The van der Waals surface area contributed by atoms with Gasteiger partial charge < -0.3 is 9.88 Å². The lowest BCUT2D eigenvalue weighted by Gasteiger charge is -2.28. The highest BCUT2D eigenvalue weighted by atomic mass is 15.3. The fourth-order valence-electron chi connectivity index (χ4n) is 3.63. The number of aromatic nitrogens is 3. The van der Waals surface area contributed by atoms with Crippen LogP contribution in [0.25, 0.3) is 0 Å². The van der Waals surface area contributed by atoms with Crippen LogP contribution >= 0.6 is 0 Å². The molecule has 0 saturated heterocycles. The van der Waals surface area contributed by atoms with E-state index in [4.69, 9.17) is 0 Å². The number of nitriles is 1. The van der Waals surface area contributed by atoms with E-state index in [0.29, 0.717) is 11.7 Å². The first-order valence-electron chi connectivity index (χ1n) is 8.69. The van der Waals surface area contributed by atoms with Crippen LogP contribution in [0.4, 0.5) is 0 Å². The predicted octanol–water partition coefficient (Wildman–Crippen LogP) is 3.32. The molecule has 2 heterocycles. The van der Waals surface area contributed by atoms with E-state index in [1.54, 1.807) is 0 Å². The SMILES string of the molecule is Cc1c(CN[C@H]2CCCc3c2cnn3C(C)(C)C)cc(C#N)n1C. The average molecular weight is 325 g/mol. The van der Waals surface area contributed by atoms with Crippen molar-refractivity contribution < 1.29 is 0 Å². The van der Waals surface area contributed by atoms with Crippen molar-refractivity contribution in [3.05, 3.63) is 40.5 Å². The van der Waals surface area contributed by atoms with Crippen LogP contribution in [0.3, 0.4) is 0 Å². The highest BCUT2D eigenvalue weighted by molar-refractivity contribution is 5.34. The normalized spacial score (nSPS) is 17.6. The molecule has 0 bridgehead atoms. The molecule has 1 aliphatic rings. The van der Waals surface area contributed by atoms with Crippen molar-refractivity contribution in [1.29, 1.82) is 5.26 Å². The number of hydrogen-bond acceptors (Lipinski definition) is 3. The van der Waals surface area contributed by atoms with Crippen LogP contribution in [-0.2, 0) is 25.6 Å². The van der Waals surface area contributed by atoms with Crippen molar-refractivity contribution in [2.75, 3.05) is 0 Å². The largest absolute Gasteiger partial charge is 0.340 e. The number of fused-ring (bicyclic) bond motifs is 1. The Morgan fingerprint density at radius 3 is 2.79 bits per heavy atom. The molecule has 0 aliphatic heterocycles. The number of nitrogens with one attached hydrogen (secondary N) is 1. The van der Waals surface area contributed by atoms with Gasteiger partial charge in [-0.25, -0.2) is 0 Å². The summed E-state index contributed by atoms with van der Waals surface area (Å²) in [5.41, 5.74) is 5.80. The minimum absolute atomic E-state index is 0.0210. The second-order valence-corrected chi connectivity index (χ2v) is 7.77. The van der Waals surface area contributed by atoms with E-state index in [9.17, 15) is 5.26 Å². The van der Waals surface area contributed by atoms with E-state index in [2.05, 4.69) is 48.9 Å². The molecule has 24 heavy (non-hydrogen) atoms. The molecule has 3 rings (SSSR count). The maximum atomic E-state index is 9.18. The molecule has 1 N–H and O–H groups in total. The molecule has 0 unspecified atom stereocenters.